The smallest absolute Gasteiger partial charge is 0.123 e. The molecule has 0 saturated heterocycles. The van der Waals surface area contributed by atoms with Gasteiger partial charge in [-0.3, -0.25) is 0 Å². The molecule has 0 aliphatic rings. The van der Waals surface area contributed by atoms with Crippen molar-refractivity contribution in [1.82, 2.24) is 0 Å². The first-order chi connectivity index (χ1) is 9.13. The Kier molecular flexibility index (Phi) is 4.17. The fourth-order valence-corrected chi connectivity index (χ4v) is 2.12. The molecule has 0 heterocycles. The molecule has 0 radical (unpaired) electrons. The Bertz CT molecular complexity index is 582. The van der Waals surface area contributed by atoms with Gasteiger partial charge in [-0.1, -0.05) is 11.6 Å². The van der Waals surface area contributed by atoms with Gasteiger partial charge in [0.15, 0.2) is 0 Å². The summed E-state index contributed by atoms with van der Waals surface area (Å²) < 4.78 is 10.5. The molecule has 2 aromatic rings. The first kappa shape index (κ1) is 13.6. The van der Waals surface area contributed by atoms with Gasteiger partial charge in [-0.15, -0.1) is 0 Å². The van der Waals surface area contributed by atoms with Crippen molar-refractivity contribution in [3.05, 3.63) is 41.4 Å². The highest BCUT2D eigenvalue weighted by molar-refractivity contribution is 6.33. The summed E-state index contributed by atoms with van der Waals surface area (Å²) in [5, 5.41) is 10.2. The number of phenolic OH excluding ortho intramolecular Hbond substituents is 1. The first-order valence-electron chi connectivity index (χ1n) is 5.94. The molecule has 100 valence electrons. The predicted octanol–water partition coefficient (Wildman–Crippen LogP) is 4.12. The number of benzene rings is 2. The number of ether oxygens (including phenoxy) is 2. The summed E-state index contributed by atoms with van der Waals surface area (Å²) in [6.45, 7) is 2.51. The second-order valence-corrected chi connectivity index (χ2v) is 4.40. The molecular formula is C15H15ClO3. The minimum atomic E-state index is 0.138. The fourth-order valence-electron chi connectivity index (χ4n) is 1.84. The Hall–Kier alpha value is -1.87. The zero-order valence-corrected chi connectivity index (χ0v) is 11.6. The summed E-state index contributed by atoms with van der Waals surface area (Å²) in [7, 11) is 1.55. The van der Waals surface area contributed by atoms with Gasteiger partial charge in [0.2, 0.25) is 0 Å². The lowest BCUT2D eigenvalue weighted by Gasteiger charge is -2.10. The van der Waals surface area contributed by atoms with Crippen LogP contribution in [0.4, 0.5) is 0 Å². The van der Waals surface area contributed by atoms with Crippen molar-refractivity contribution >= 4 is 11.6 Å². The van der Waals surface area contributed by atoms with Crippen LogP contribution in [-0.2, 0) is 0 Å². The molecule has 0 bridgehead atoms. The minimum Gasteiger partial charge on any atom is -0.508 e. The van der Waals surface area contributed by atoms with E-state index in [1.54, 1.807) is 25.3 Å². The van der Waals surface area contributed by atoms with Gasteiger partial charge in [0, 0.05) is 11.6 Å². The molecule has 0 aliphatic carbocycles. The largest absolute Gasteiger partial charge is 0.508 e. The Morgan fingerprint density at radius 3 is 2.53 bits per heavy atom. The van der Waals surface area contributed by atoms with Crippen LogP contribution in [0.15, 0.2) is 36.4 Å². The van der Waals surface area contributed by atoms with E-state index in [0.29, 0.717) is 17.4 Å². The maximum absolute atomic E-state index is 9.67. The van der Waals surface area contributed by atoms with E-state index in [1.165, 1.54) is 0 Å². The van der Waals surface area contributed by atoms with Crippen LogP contribution < -0.4 is 9.47 Å². The molecule has 4 heteroatoms. The van der Waals surface area contributed by atoms with Crippen LogP contribution in [0.3, 0.4) is 0 Å². The monoisotopic (exact) mass is 278 g/mol. The Balaban J connectivity index is 2.44. The second kappa shape index (κ2) is 5.85. The number of hydrogen-bond donors (Lipinski definition) is 1. The standard InChI is InChI=1S/C15H15ClO3/c1-3-19-12-4-5-14(15(16)9-12)10-6-11(17)8-13(7-10)18-2/h4-9,17H,3H2,1-2H3. The quantitative estimate of drug-likeness (QED) is 0.914. The Labute approximate surface area is 117 Å². The van der Waals surface area contributed by atoms with Crippen molar-refractivity contribution in [3.63, 3.8) is 0 Å². The van der Waals surface area contributed by atoms with Crippen molar-refractivity contribution in [2.45, 2.75) is 6.92 Å². The number of aromatic hydroxyl groups is 1. The average molecular weight is 279 g/mol. The van der Waals surface area contributed by atoms with E-state index in [2.05, 4.69) is 0 Å². The number of phenols is 1. The number of methoxy groups -OCH3 is 1. The average Bonchev–Trinajstić information content (AvgIpc) is 2.38. The third-order valence-corrected chi connectivity index (χ3v) is 3.00. The molecule has 2 aromatic carbocycles. The van der Waals surface area contributed by atoms with E-state index in [-0.39, 0.29) is 5.75 Å². The van der Waals surface area contributed by atoms with E-state index in [1.807, 2.05) is 25.1 Å². The number of hydrogen-bond acceptors (Lipinski definition) is 3. The van der Waals surface area contributed by atoms with E-state index >= 15 is 0 Å². The van der Waals surface area contributed by atoms with Crippen LogP contribution >= 0.6 is 11.6 Å². The van der Waals surface area contributed by atoms with Crippen LogP contribution in [0.25, 0.3) is 11.1 Å². The van der Waals surface area contributed by atoms with Gasteiger partial charge < -0.3 is 14.6 Å². The second-order valence-electron chi connectivity index (χ2n) is 3.99. The van der Waals surface area contributed by atoms with Crippen molar-refractivity contribution in [2.24, 2.45) is 0 Å². The molecule has 2 rings (SSSR count). The predicted molar refractivity (Wildman–Crippen MR) is 76.3 cm³/mol. The van der Waals surface area contributed by atoms with Crippen molar-refractivity contribution in [1.29, 1.82) is 0 Å². The van der Waals surface area contributed by atoms with Crippen molar-refractivity contribution < 1.29 is 14.6 Å². The van der Waals surface area contributed by atoms with Crippen LogP contribution in [0.1, 0.15) is 6.92 Å². The molecule has 0 unspecified atom stereocenters. The molecule has 0 saturated carbocycles. The maximum Gasteiger partial charge on any atom is 0.123 e. The first-order valence-corrected chi connectivity index (χ1v) is 6.32. The Morgan fingerprint density at radius 1 is 1.11 bits per heavy atom. The van der Waals surface area contributed by atoms with Crippen LogP contribution in [0, 0.1) is 0 Å². The van der Waals surface area contributed by atoms with E-state index in [0.717, 1.165) is 16.9 Å². The lowest BCUT2D eigenvalue weighted by molar-refractivity contribution is 0.340. The summed E-state index contributed by atoms with van der Waals surface area (Å²) in [4.78, 5) is 0. The zero-order valence-electron chi connectivity index (χ0n) is 10.8. The van der Waals surface area contributed by atoms with Crippen LogP contribution in [0.2, 0.25) is 5.02 Å². The highest BCUT2D eigenvalue weighted by atomic mass is 35.5. The SMILES string of the molecule is CCOc1ccc(-c2cc(O)cc(OC)c2)c(Cl)c1. The maximum atomic E-state index is 9.67. The van der Waals surface area contributed by atoms with E-state index in [9.17, 15) is 5.11 Å². The van der Waals surface area contributed by atoms with Crippen LogP contribution in [0.5, 0.6) is 17.2 Å². The highest BCUT2D eigenvalue weighted by Gasteiger charge is 2.08. The molecule has 0 atom stereocenters. The van der Waals surface area contributed by atoms with Crippen molar-refractivity contribution in [3.8, 4) is 28.4 Å². The van der Waals surface area contributed by atoms with Crippen molar-refractivity contribution in [2.75, 3.05) is 13.7 Å². The van der Waals surface area contributed by atoms with Gasteiger partial charge in [0.25, 0.3) is 0 Å². The molecule has 0 amide bonds. The number of rotatable bonds is 4. The van der Waals surface area contributed by atoms with Gasteiger partial charge in [-0.05, 0) is 42.8 Å². The van der Waals surface area contributed by atoms with Gasteiger partial charge in [-0.25, -0.2) is 0 Å². The third kappa shape index (κ3) is 3.12. The molecule has 0 spiro atoms. The fraction of sp³-hybridized carbons (Fsp3) is 0.200. The van der Waals surface area contributed by atoms with Gasteiger partial charge in [0.05, 0.1) is 18.7 Å². The molecule has 3 nitrogen and oxygen atoms in total. The molecule has 1 N–H and O–H groups in total. The van der Waals surface area contributed by atoms with E-state index in [4.69, 9.17) is 21.1 Å². The van der Waals surface area contributed by atoms with E-state index < -0.39 is 0 Å². The van der Waals surface area contributed by atoms with Gasteiger partial charge in [-0.2, -0.15) is 0 Å². The van der Waals surface area contributed by atoms with Gasteiger partial charge in [0.1, 0.15) is 17.2 Å². The summed E-state index contributed by atoms with van der Waals surface area (Å²) in [5.74, 6) is 1.45. The highest BCUT2D eigenvalue weighted by Crippen LogP contribution is 2.35. The third-order valence-electron chi connectivity index (χ3n) is 2.69. The lowest BCUT2D eigenvalue weighted by atomic mass is 10.0. The summed E-state index contributed by atoms with van der Waals surface area (Å²) in [5.41, 5.74) is 1.62. The topological polar surface area (TPSA) is 38.7 Å². The molecule has 19 heavy (non-hydrogen) atoms. The lowest BCUT2D eigenvalue weighted by Crippen LogP contribution is -1.91. The summed E-state index contributed by atoms with van der Waals surface area (Å²) in [6.07, 6.45) is 0. The molecule has 0 fully saturated rings. The van der Waals surface area contributed by atoms with Crippen LogP contribution in [-0.4, -0.2) is 18.8 Å². The summed E-state index contributed by atoms with van der Waals surface area (Å²) in [6, 6.07) is 10.5. The van der Waals surface area contributed by atoms with Gasteiger partial charge >= 0.3 is 0 Å². The molecule has 0 aromatic heterocycles. The summed E-state index contributed by atoms with van der Waals surface area (Å²) >= 11 is 6.25. The minimum absolute atomic E-state index is 0.138. The molecular weight excluding hydrogens is 264 g/mol. The number of halogens is 1. The Morgan fingerprint density at radius 2 is 1.89 bits per heavy atom. The normalized spacial score (nSPS) is 10.3. The zero-order chi connectivity index (χ0) is 13.8. The molecule has 0 aliphatic heterocycles.